The number of aliphatic hydroxyl groups is 2. The van der Waals surface area contributed by atoms with Crippen molar-refractivity contribution in [1.29, 1.82) is 0 Å². The molecular formula is C48H62N2O4. The van der Waals surface area contributed by atoms with Crippen molar-refractivity contribution in [2.75, 3.05) is 0 Å². The minimum atomic E-state index is -1.81. The van der Waals surface area contributed by atoms with Crippen molar-refractivity contribution in [2.24, 2.45) is 22.0 Å². The number of nitrogens with zero attached hydrogens (tertiary/aromatic N) is 1. The van der Waals surface area contributed by atoms with Crippen LogP contribution in [0.1, 0.15) is 118 Å². The summed E-state index contributed by atoms with van der Waals surface area (Å²) in [6.07, 6.45) is 2.83. The van der Waals surface area contributed by atoms with E-state index in [1.165, 1.54) is 0 Å². The molecule has 2 amide bonds. The summed E-state index contributed by atoms with van der Waals surface area (Å²) in [4.78, 5) is 32.0. The van der Waals surface area contributed by atoms with Gasteiger partial charge < -0.3 is 20.8 Å². The van der Waals surface area contributed by atoms with Crippen molar-refractivity contribution in [3.8, 4) is 0 Å². The van der Waals surface area contributed by atoms with Crippen LogP contribution in [-0.4, -0.2) is 39.0 Å². The molecule has 1 fully saturated rings. The Bertz CT molecular complexity index is 1700. The second-order valence-electron chi connectivity index (χ2n) is 18.3. The second kappa shape index (κ2) is 15.1. The van der Waals surface area contributed by atoms with Crippen molar-refractivity contribution in [2.45, 2.75) is 125 Å². The molecule has 0 saturated heterocycles. The van der Waals surface area contributed by atoms with Crippen molar-refractivity contribution in [3.63, 3.8) is 0 Å². The highest BCUT2D eigenvalue weighted by molar-refractivity contribution is 6.05. The third kappa shape index (κ3) is 7.52. The van der Waals surface area contributed by atoms with Gasteiger partial charge >= 0.3 is 0 Å². The van der Waals surface area contributed by atoms with Crippen LogP contribution in [0.4, 0.5) is 0 Å². The summed E-state index contributed by atoms with van der Waals surface area (Å²) in [6.45, 7) is 20.2. The molecule has 0 bridgehead atoms. The summed E-state index contributed by atoms with van der Waals surface area (Å²) < 4.78 is 0. The summed E-state index contributed by atoms with van der Waals surface area (Å²) in [5.41, 5.74) is 6.08. The number of benzene rings is 4. The molecule has 4 aromatic carbocycles. The molecule has 0 spiro atoms. The van der Waals surface area contributed by atoms with E-state index in [4.69, 9.17) is 5.73 Å². The van der Waals surface area contributed by atoms with E-state index in [0.717, 1.165) is 28.7 Å². The number of carbonyl (C=O) groups is 2. The van der Waals surface area contributed by atoms with Gasteiger partial charge in [-0.3, -0.25) is 9.59 Å². The lowest BCUT2D eigenvalue weighted by Gasteiger charge is -2.59. The molecule has 0 aromatic heterocycles. The standard InChI is InChI=1S/C48H62N2O4/c1-32-14-22-36(23-15-32)47(53,37-24-16-33(2)17-25-37)40(44(5,6)7)50(43(52)46(42(49)51)30-12-11-13-31-46)41(45(8,9)10)48(54,38-26-18-34(3)19-27-38)39-28-20-35(4)21-29-39/h14-29,40-41,53-54H,11-13,30-31H2,1-10H3,(H2,49,51)/t40-,41-/m1/s1. The fourth-order valence-corrected chi connectivity index (χ4v) is 9.04. The monoisotopic (exact) mass is 730 g/mol. The molecule has 4 aromatic rings. The average Bonchev–Trinajstić information content (AvgIpc) is 3.11. The number of rotatable bonds is 10. The number of hydrogen-bond donors (Lipinski definition) is 3. The van der Waals surface area contributed by atoms with Crippen LogP contribution in [0, 0.1) is 43.9 Å². The van der Waals surface area contributed by atoms with Crippen molar-refractivity contribution in [3.05, 3.63) is 142 Å². The number of aryl methyl sites for hydroxylation is 4. The largest absolute Gasteiger partial charge is 0.378 e. The van der Waals surface area contributed by atoms with E-state index in [-0.39, 0.29) is 0 Å². The normalized spacial score (nSPS) is 16.4. The van der Waals surface area contributed by atoms with Crippen molar-refractivity contribution >= 4 is 11.8 Å². The predicted molar refractivity (Wildman–Crippen MR) is 219 cm³/mol. The van der Waals surface area contributed by atoms with Gasteiger partial charge in [-0.2, -0.15) is 0 Å². The van der Waals surface area contributed by atoms with Crippen molar-refractivity contribution < 1.29 is 19.8 Å². The third-order valence-corrected chi connectivity index (χ3v) is 11.8. The van der Waals surface area contributed by atoms with Crippen LogP contribution in [0.3, 0.4) is 0 Å². The van der Waals surface area contributed by atoms with Gasteiger partial charge in [-0.25, -0.2) is 0 Å². The lowest BCUT2D eigenvalue weighted by Crippen LogP contribution is -2.71. The minimum absolute atomic E-state index is 0.298. The predicted octanol–water partition coefficient (Wildman–Crippen LogP) is 9.19. The summed E-state index contributed by atoms with van der Waals surface area (Å²) in [5.74, 6) is -1.12. The molecule has 6 heteroatoms. The Balaban J connectivity index is 2.00. The molecule has 6 nitrogen and oxygen atoms in total. The Morgan fingerprint density at radius 2 is 0.796 bits per heavy atom. The van der Waals surface area contributed by atoms with Gasteiger partial charge in [0.15, 0.2) is 0 Å². The first-order valence-corrected chi connectivity index (χ1v) is 19.5. The van der Waals surface area contributed by atoms with E-state index in [1.54, 1.807) is 4.90 Å². The molecule has 4 N–H and O–H groups in total. The van der Waals surface area contributed by atoms with Crippen LogP contribution in [0.25, 0.3) is 0 Å². The maximum Gasteiger partial charge on any atom is 0.239 e. The molecule has 288 valence electrons. The topological polar surface area (TPSA) is 104 Å². The number of amides is 2. The van der Waals surface area contributed by atoms with Gasteiger partial charge in [0.25, 0.3) is 0 Å². The molecule has 0 unspecified atom stereocenters. The summed E-state index contributed by atoms with van der Waals surface area (Å²) in [6, 6.07) is 29.2. The van der Waals surface area contributed by atoms with E-state index < -0.39 is 51.3 Å². The van der Waals surface area contributed by atoms with Gasteiger partial charge in [0.2, 0.25) is 11.8 Å². The zero-order valence-electron chi connectivity index (χ0n) is 34.2. The summed E-state index contributed by atoms with van der Waals surface area (Å²) >= 11 is 0. The van der Waals surface area contributed by atoms with Crippen LogP contribution in [0.15, 0.2) is 97.1 Å². The Morgan fingerprint density at radius 1 is 0.537 bits per heavy atom. The molecule has 2 atom stereocenters. The molecule has 54 heavy (non-hydrogen) atoms. The third-order valence-electron chi connectivity index (χ3n) is 11.8. The summed E-state index contributed by atoms with van der Waals surface area (Å²) in [7, 11) is 0. The molecule has 1 aliphatic carbocycles. The highest BCUT2D eigenvalue weighted by Crippen LogP contribution is 2.53. The first-order valence-electron chi connectivity index (χ1n) is 19.5. The van der Waals surface area contributed by atoms with Crippen LogP contribution in [-0.2, 0) is 20.8 Å². The van der Waals surface area contributed by atoms with Crippen LogP contribution in [0.2, 0.25) is 0 Å². The summed E-state index contributed by atoms with van der Waals surface area (Å²) in [5, 5.41) is 27.9. The zero-order valence-corrected chi connectivity index (χ0v) is 34.2. The van der Waals surface area contributed by atoms with Crippen LogP contribution in [0.5, 0.6) is 0 Å². The Morgan fingerprint density at radius 3 is 1.02 bits per heavy atom. The zero-order chi connectivity index (χ0) is 39.9. The van der Waals surface area contributed by atoms with E-state index >= 15 is 4.79 Å². The fourth-order valence-electron chi connectivity index (χ4n) is 9.04. The number of nitrogens with two attached hydrogens (primary N) is 1. The second-order valence-corrected chi connectivity index (χ2v) is 18.3. The number of carbonyl (C=O) groups excluding carboxylic acids is 2. The molecule has 5 rings (SSSR count). The Kier molecular flexibility index (Phi) is 11.4. The molecule has 1 aliphatic rings. The number of primary amides is 1. The SMILES string of the molecule is Cc1ccc(C(O)(c2ccc(C)cc2)[C@H](N(C(=O)C2(C(N)=O)CCCCC2)[C@H](C(C)(C)C)C(O)(c2ccc(C)cc2)c2ccc(C)cc2)C(C)(C)C)cc1. The molecular weight excluding hydrogens is 669 g/mol. The lowest BCUT2D eigenvalue weighted by atomic mass is 9.62. The van der Waals surface area contributed by atoms with Gasteiger partial charge in [-0.1, -0.05) is 180 Å². The first-order chi connectivity index (χ1) is 25.2. The Hall–Kier alpha value is -4.26. The quantitative estimate of drug-likeness (QED) is 0.142. The molecule has 0 radical (unpaired) electrons. The fraction of sp³-hybridized carbons (Fsp3) is 0.458. The van der Waals surface area contributed by atoms with E-state index in [1.807, 2.05) is 166 Å². The van der Waals surface area contributed by atoms with Crippen LogP contribution < -0.4 is 5.73 Å². The van der Waals surface area contributed by atoms with Gasteiger partial charge in [-0.05, 0) is 73.6 Å². The van der Waals surface area contributed by atoms with Crippen molar-refractivity contribution in [1.82, 2.24) is 4.90 Å². The average molecular weight is 731 g/mol. The van der Waals surface area contributed by atoms with E-state index in [9.17, 15) is 15.0 Å². The van der Waals surface area contributed by atoms with E-state index in [0.29, 0.717) is 47.9 Å². The van der Waals surface area contributed by atoms with Gasteiger partial charge in [0.1, 0.15) is 16.6 Å². The highest BCUT2D eigenvalue weighted by Gasteiger charge is 2.62. The van der Waals surface area contributed by atoms with Gasteiger partial charge in [0, 0.05) is 0 Å². The highest BCUT2D eigenvalue weighted by atomic mass is 16.3. The van der Waals surface area contributed by atoms with Crippen LogP contribution >= 0.6 is 0 Å². The van der Waals surface area contributed by atoms with Gasteiger partial charge in [-0.15, -0.1) is 0 Å². The molecule has 0 aliphatic heterocycles. The minimum Gasteiger partial charge on any atom is -0.378 e. The van der Waals surface area contributed by atoms with E-state index in [2.05, 4.69) is 0 Å². The smallest absolute Gasteiger partial charge is 0.239 e. The number of hydrogen-bond acceptors (Lipinski definition) is 4. The lowest BCUT2D eigenvalue weighted by molar-refractivity contribution is -0.186. The maximum absolute atomic E-state index is 16.3. The maximum atomic E-state index is 16.3. The Labute approximate surface area is 323 Å². The first kappa shape index (κ1) is 40.9. The molecule has 0 heterocycles. The van der Waals surface area contributed by atoms with Gasteiger partial charge in [0.05, 0.1) is 12.1 Å². The molecule has 1 saturated carbocycles.